The third-order valence-corrected chi connectivity index (χ3v) is 4.52. The van der Waals surface area contributed by atoms with Crippen molar-refractivity contribution in [2.75, 3.05) is 24.8 Å². The third-order valence-electron chi connectivity index (χ3n) is 4.52. The second-order valence-electron chi connectivity index (χ2n) is 6.41. The van der Waals surface area contributed by atoms with Gasteiger partial charge in [0.2, 0.25) is 6.54 Å². The number of methoxy groups -OCH3 is 1. The summed E-state index contributed by atoms with van der Waals surface area (Å²) in [4.78, 5) is 21.3. The normalized spacial score (nSPS) is 10.7. The second kappa shape index (κ2) is 7.97. The van der Waals surface area contributed by atoms with Gasteiger partial charge in [-0.15, -0.1) is 0 Å². The van der Waals surface area contributed by atoms with Crippen molar-refractivity contribution in [1.82, 2.24) is 14.5 Å². The summed E-state index contributed by atoms with van der Waals surface area (Å²) in [5, 5.41) is 5.92. The number of hydrogen-bond donors (Lipinski definition) is 2. The first kappa shape index (κ1) is 18.4. The molecule has 0 unspecified atom stereocenters. The number of nitrogens with one attached hydrogen (secondary N) is 2. The van der Waals surface area contributed by atoms with Crippen molar-refractivity contribution in [2.24, 2.45) is 0 Å². The lowest BCUT2D eigenvalue weighted by Crippen LogP contribution is -2.39. The molecule has 1 amide bonds. The van der Waals surface area contributed by atoms with Crippen LogP contribution in [0.2, 0.25) is 0 Å². The van der Waals surface area contributed by atoms with Crippen molar-refractivity contribution in [1.29, 1.82) is 0 Å². The number of benzene rings is 1. The molecule has 0 aliphatic carbocycles. The SMILES string of the molecule is CNc1cc[n+](CC(=O)Nc2cnc3c(c2)ncn3-c2ccccc2OC)cc1. The van der Waals surface area contributed by atoms with E-state index < -0.39 is 0 Å². The highest BCUT2D eigenvalue weighted by atomic mass is 16.5. The summed E-state index contributed by atoms with van der Waals surface area (Å²) in [6.07, 6.45) is 7.02. The zero-order chi connectivity index (χ0) is 20.2. The number of amides is 1. The third kappa shape index (κ3) is 3.86. The van der Waals surface area contributed by atoms with Crippen LogP contribution in [0.5, 0.6) is 5.75 Å². The minimum Gasteiger partial charge on any atom is -0.495 e. The molecule has 29 heavy (non-hydrogen) atoms. The molecule has 8 nitrogen and oxygen atoms in total. The standard InChI is InChI=1S/C21H20N6O2/c1-22-15-7-9-26(10-8-15)13-20(28)25-16-11-17-21(23-12-16)27(14-24-17)18-5-3-4-6-19(18)29-2/h3-12,14H,13H2,1-2H3,(H,25,28)/p+1. The summed E-state index contributed by atoms with van der Waals surface area (Å²) in [6, 6.07) is 13.3. The van der Waals surface area contributed by atoms with Crippen molar-refractivity contribution in [2.45, 2.75) is 6.54 Å². The maximum atomic E-state index is 12.4. The first-order chi connectivity index (χ1) is 14.2. The number of ether oxygens (including phenoxy) is 1. The molecule has 2 N–H and O–H groups in total. The summed E-state index contributed by atoms with van der Waals surface area (Å²) in [7, 11) is 3.48. The Morgan fingerprint density at radius 2 is 1.93 bits per heavy atom. The highest BCUT2D eigenvalue weighted by Crippen LogP contribution is 2.26. The molecule has 0 bridgehead atoms. The molecule has 0 spiro atoms. The Balaban J connectivity index is 1.53. The van der Waals surface area contributed by atoms with Gasteiger partial charge in [0.25, 0.3) is 5.91 Å². The minimum absolute atomic E-state index is 0.141. The van der Waals surface area contributed by atoms with E-state index in [4.69, 9.17) is 4.74 Å². The minimum atomic E-state index is -0.141. The second-order valence-corrected chi connectivity index (χ2v) is 6.41. The van der Waals surface area contributed by atoms with Gasteiger partial charge in [-0.25, -0.2) is 9.97 Å². The highest BCUT2D eigenvalue weighted by Gasteiger charge is 2.13. The Morgan fingerprint density at radius 1 is 1.14 bits per heavy atom. The predicted octanol–water partition coefficient (Wildman–Crippen LogP) is 2.40. The molecule has 0 saturated heterocycles. The largest absolute Gasteiger partial charge is 0.495 e. The molecule has 0 radical (unpaired) electrons. The number of anilines is 2. The van der Waals surface area contributed by atoms with E-state index in [2.05, 4.69) is 20.6 Å². The molecule has 3 heterocycles. The van der Waals surface area contributed by atoms with Gasteiger partial charge in [-0.3, -0.25) is 9.36 Å². The van der Waals surface area contributed by atoms with Gasteiger partial charge < -0.3 is 15.4 Å². The summed E-state index contributed by atoms with van der Waals surface area (Å²) < 4.78 is 9.09. The van der Waals surface area contributed by atoms with Gasteiger partial charge in [0.05, 0.1) is 24.7 Å². The lowest BCUT2D eigenvalue weighted by atomic mass is 10.3. The molecule has 8 heteroatoms. The molecule has 4 aromatic rings. The predicted molar refractivity (Wildman–Crippen MR) is 110 cm³/mol. The number of fused-ring (bicyclic) bond motifs is 1. The average Bonchev–Trinajstić information content (AvgIpc) is 3.17. The van der Waals surface area contributed by atoms with Crippen LogP contribution in [0.4, 0.5) is 11.4 Å². The monoisotopic (exact) mass is 389 g/mol. The first-order valence-electron chi connectivity index (χ1n) is 9.11. The molecule has 0 fully saturated rings. The fourth-order valence-electron chi connectivity index (χ4n) is 3.07. The van der Waals surface area contributed by atoms with Crippen molar-refractivity contribution in [3.8, 4) is 11.4 Å². The quantitative estimate of drug-likeness (QED) is 0.495. The number of rotatable bonds is 6. The van der Waals surface area contributed by atoms with Gasteiger partial charge in [0.1, 0.15) is 17.6 Å². The Kier molecular flexibility index (Phi) is 5.07. The summed E-state index contributed by atoms with van der Waals surface area (Å²) in [6.45, 7) is 0.206. The zero-order valence-corrected chi connectivity index (χ0v) is 16.2. The van der Waals surface area contributed by atoms with E-state index in [9.17, 15) is 4.79 Å². The van der Waals surface area contributed by atoms with Crippen LogP contribution in [-0.2, 0) is 11.3 Å². The molecule has 3 aromatic heterocycles. The van der Waals surface area contributed by atoms with Crippen LogP contribution < -0.4 is 19.9 Å². The van der Waals surface area contributed by atoms with E-state index in [0.29, 0.717) is 16.9 Å². The van der Waals surface area contributed by atoms with Crippen LogP contribution in [-0.4, -0.2) is 34.6 Å². The fourth-order valence-corrected chi connectivity index (χ4v) is 3.07. The van der Waals surface area contributed by atoms with Crippen LogP contribution in [0.15, 0.2) is 67.4 Å². The average molecular weight is 389 g/mol. The van der Waals surface area contributed by atoms with Crippen LogP contribution >= 0.6 is 0 Å². The van der Waals surface area contributed by atoms with Crippen molar-refractivity contribution in [3.63, 3.8) is 0 Å². The molecule has 4 rings (SSSR count). The van der Waals surface area contributed by atoms with Crippen LogP contribution in [0.25, 0.3) is 16.9 Å². The van der Waals surface area contributed by atoms with Gasteiger partial charge in [-0.1, -0.05) is 12.1 Å². The van der Waals surface area contributed by atoms with Crippen LogP contribution in [0, 0.1) is 0 Å². The van der Waals surface area contributed by atoms with E-state index in [-0.39, 0.29) is 12.5 Å². The Labute approximate surface area is 167 Å². The summed E-state index contributed by atoms with van der Waals surface area (Å²) in [5.41, 5.74) is 3.80. The lowest BCUT2D eigenvalue weighted by molar-refractivity contribution is -0.684. The van der Waals surface area contributed by atoms with E-state index >= 15 is 0 Å². The Morgan fingerprint density at radius 3 is 2.69 bits per heavy atom. The van der Waals surface area contributed by atoms with Crippen LogP contribution in [0.1, 0.15) is 0 Å². The van der Waals surface area contributed by atoms with Gasteiger partial charge >= 0.3 is 0 Å². The number of pyridine rings is 2. The molecular weight excluding hydrogens is 368 g/mol. The van der Waals surface area contributed by atoms with Gasteiger partial charge in [-0.05, 0) is 18.2 Å². The number of imidazole rings is 1. The number of aromatic nitrogens is 4. The van der Waals surface area contributed by atoms with E-state index in [1.165, 1.54) is 0 Å². The number of nitrogens with zero attached hydrogens (tertiary/aromatic N) is 4. The fraction of sp³-hybridized carbons (Fsp3) is 0.143. The van der Waals surface area contributed by atoms with E-state index in [0.717, 1.165) is 17.1 Å². The topological polar surface area (TPSA) is 85.0 Å². The lowest BCUT2D eigenvalue weighted by Gasteiger charge is -2.09. The molecule has 146 valence electrons. The number of carbonyl (C=O) groups excluding carboxylic acids is 1. The molecule has 1 aromatic carbocycles. The first-order valence-corrected chi connectivity index (χ1v) is 9.11. The van der Waals surface area contributed by atoms with E-state index in [1.807, 2.05) is 60.4 Å². The zero-order valence-electron chi connectivity index (χ0n) is 16.2. The molecule has 0 atom stereocenters. The summed E-state index contributed by atoms with van der Waals surface area (Å²) >= 11 is 0. The highest BCUT2D eigenvalue weighted by molar-refractivity contribution is 5.91. The smallest absolute Gasteiger partial charge is 0.290 e. The molecule has 0 aliphatic heterocycles. The van der Waals surface area contributed by atoms with E-state index in [1.54, 1.807) is 30.3 Å². The van der Waals surface area contributed by atoms with Gasteiger partial charge in [-0.2, -0.15) is 4.57 Å². The molecule has 0 aliphatic rings. The Hall–Kier alpha value is -3.94. The van der Waals surface area contributed by atoms with Crippen LogP contribution in [0.3, 0.4) is 0 Å². The molecular formula is C21H21N6O2+. The van der Waals surface area contributed by atoms with Crippen molar-refractivity contribution < 1.29 is 14.1 Å². The van der Waals surface area contributed by atoms with Crippen molar-refractivity contribution in [3.05, 3.63) is 67.4 Å². The molecule has 0 saturated carbocycles. The Bertz CT molecular complexity index is 1150. The number of para-hydroxylation sites is 2. The van der Waals surface area contributed by atoms with Crippen molar-refractivity contribution >= 4 is 28.4 Å². The van der Waals surface area contributed by atoms with Gasteiger partial charge in [0.15, 0.2) is 18.0 Å². The number of hydrogen-bond acceptors (Lipinski definition) is 5. The maximum Gasteiger partial charge on any atom is 0.290 e. The number of carbonyl (C=O) groups is 1. The maximum absolute atomic E-state index is 12.4. The summed E-state index contributed by atoms with van der Waals surface area (Å²) in [5.74, 6) is 0.588. The van der Waals surface area contributed by atoms with Gasteiger partial charge in [0, 0.05) is 24.9 Å².